The highest BCUT2D eigenvalue weighted by Gasteiger charge is 1.94. The summed E-state index contributed by atoms with van der Waals surface area (Å²) in [6.07, 6.45) is 5.11. The zero-order valence-electron chi connectivity index (χ0n) is 7.57. The van der Waals surface area contributed by atoms with Gasteiger partial charge in [0.2, 0.25) is 0 Å². The van der Waals surface area contributed by atoms with Crippen molar-refractivity contribution in [1.29, 1.82) is 0 Å². The van der Waals surface area contributed by atoms with E-state index in [9.17, 15) is 0 Å². The topological polar surface area (TPSA) is 0 Å². The first kappa shape index (κ1) is 10.5. The fraction of sp³-hybridized carbons (Fsp3) is 0.182. The summed E-state index contributed by atoms with van der Waals surface area (Å²) in [6, 6.07) is 10.2. The highest BCUT2D eigenvalue weighted by molar-refractivity contribution is 8.23. The van der Waals surface area contributed by atoms with E-state index >= 15 is 0 Å². The fourth-order valence-corrected chi connectivity index (χ4v) is 1.93. The molecule has 0 saturated heterocycles. The van der Waals surface area contributed by atoms with Crippen molar-refractivity contribution in [2.45, 2.75) is 18.2 Å². The molecule has 0 atom stereocenters. The minimum Gasteiger partial charge on any atom is -0.0828 e. The molecule has 0 aromatic heterocycles. The number of thiocarbonyl (C=S) groups is 1. The maximum absolute atomic E-state index is 5.18. The van der Waals surface area contributed by atoms with Gasteiger partial charge >= 0.3 is 0 Å². The molecule has 1 rings (SSSR count). The molecule has 0 heterocycles. The molecule has 0 saturated carbocycles. The highest BCUT2D eigenvalue weighted by atomic mass is 32.2. The standard InChI is InChI=1S/C11H12S2/c1-2-3-9-11(12)13-10-7-5-4-6-8-10/h3-9H,2H2,1H3. The number of benzene rings is 1. The van der Waals surface area contributed by atoms with Crippen LogP contribution in [0.4, 0.5) is 0 Å². The largest absolute Gasteiger partial charge is 0.0828 e. The average Bonchev–Trinajstić information content (AvgIpc) is 2.16. The summed E-state index contributed by atoms with van der Waals surface area (Å²) in [5.74, 6) is 0. The molecule has 0 spiro atoms. The van der Waals surface area contributed by atoms with E-state index in [2.05, 4.69) is 25.1 Å². The number of hydrogen-bond donors (Lipinski definition) is 0. The van der Waals surface area contributed by atoms with Gasteiger partial charge in [-0.2, -0.15) is 0 Å². The van der Waals surface area contributed by atoms with Gasteiger partial charge in [0, 0.05) is 4.90 Å². The van der Waals surface area contributed by atoms with Crippen LogP contribution in [0.15, 0.2) is 47.4 Å². The van der Waals surface area contributed by atoms with Gasteiger partial charge in [-0.1, -0.05) is 55.2 Å². The van der Waals surface area contributed by atoms with Crippen molar-refractivity contribution in [3.63, 3.8) is 0 Å². The van der Waals surface area contributed by atoms with Gasteiger partial charge in [0.05, 0.1) is 4.20 Å². The molecular weight excluding hydrogens is 196 g/mol. The third-order valence-electron chi connectivity index (χ3n) is 1.45. The third kappa shape index (κ3) is 4.25. The zero-order chi connectivity index (χ0) is 9.52. The molecule has 2 heteroatoms. The Bertz CT molecular complexity index is 288. The van der Waals surface area contributed by atoms with Crippen LogP contribution in [0, 0.1) is 0 Å². The van der Waals surface area contributed by atoms with Gasteiger partial charge in [-0.25, -0.2) is 0 Å². The maximum atomic E-state index is 5.18. The molecule has 0 N–H and O–H groups in total. The van der Waals surface area contributed by atoms with Gasteiger partial charge in [0.1, 0.15) is 0 Å². The van der Waals surface area contributed by atoms with E-state index < -0.39 is 0 Å². The third-order valence-corrected chi connectivity index (χ3v) is 2.68. The Labute approximate surface area is 89.0 Å². The second kappa shape index (κ2) is 5.95. The smallest absolute Gasteiger partial charge is 0.0750 e. The Hall–Kier alpha value is -0.600. The van der Waals surface area contributed by atoms with Gasteiger partial charge in [0.25, 0.3) is 0 Å². The van der Waals surface area contributed by atoms with E-state index in [1.165, 1.54) is 4.90 Å². The van der Waals surface area contributed by atoms with Gasteiger partial charge in [-0.05, 0) is 24.6 Å². The second-order valence-corrected chi connectivity index (χ2v) is 4.36. The number of hydrogen-bond acceptors (Lipinski definition) is 2. The maximum Gasteiger partial charge on any atom is 0.0750 e. The average molecular weight is 208 g/mol. The molecule has 0 aliphatic heterocycles. The Morgan fingerprint density at radius 3 is 2.69 bits per heavy atom. The summed E-state index contributed by atoms with van der Waals surface area (Å²) >= 11 is 6.81. The van der Waals surface area contributed by atoms with E-state index in [4.69, 9.17) is 12.2 Å². The number of thioether (sulfide) groups is 1. The Balaban J connectivity index is 2.50. The molecule has 0 unspecified atom stereocenters. The lowest BCUT2D eigenvalue weighted by molar-refractivity contribution is 1.23. The molecule has 1 aromatic rings. The van der Waals surface area contributed by atoms with E-state index in [0.29, 0.717) is 0 Å². The van der Waals surface area contributed by atoms with Crippen molar-refractivity contribution in [3.05, 3.63) is 42.5 Å². The summed E-state index contributed by atoms with van der Waals surface area (Å²) in [5.41, 5.74) is 0. The van der Waals surface area contributed by atoms with Gasteiger partial charge in [-0.15, -0.1) is 0 Å². The SMILES string of the molecule is CCC=CC(=S)Sc1ccccc1. The van der Waals surface area contributed by atoms with Crippen molar-refractivity contribution in [3.8, 4) is 0 Å². The monoisotopic (exact) mass is 208 g/mol. The molecule has 0 bridgehead atoms. The summed E-state index contributed by atoms with van der Waals surface area (Å²) in [5, 5.41) is 0. The summed E-state index contributed by atoms with van der Waals surface area (Å²) in [7, 11) is 0. The minimum absolute atomic E-state index is 0.924. The van der Waals surface area contributed by atoms with Crippen molar-refractivity contribution in [2.24, 2.45) is 0 Å². The van der Waals surface area contributed by atoms with E-state index in [0.717, 1.165) is 10.6 Å². The van der Waals surface area contributed by atoms with Gasteiger partial charge in [0.15, 0.2) is 0 Å². The minimum atomic E-state index is 0.924. The van der Waals surface area contributed by atoms with E-state index in [1.807, 2.05) is 24.3 Å². The predicted octanol–water partition coefficient (Wildman–Crippen LogP) is 4.07. The lowest BCUT2D eigenvalue weighted by atomic mass is 10.4. The summed E-state index contributed by atoms with van der Waals surface area (Å²) < 4.78 is 0.924. The van der Waals surface area contributed by atoms with Crippen LogP contribution in [0.25, 0.3) is 0 Å². The van der Waals surface area contributed by atoms with Crippen LogP contribution >= 0.6 is 24.0 Å². The van der Waals surface area contributed by atoms with Gasteiger partial charge < -0.3 is 0 Å². The first-order valence-corrected chi connectivity index (χ1v) is 5.49. The molecule has 0 amide bonds. The van der Waals surface area contributed by atoms with Crippen molar-refractivity contribution >= 4 is 28.2 Å². The van der Waals surface area contributed by atoms with Crippen molar-refractivity contribution in [1.82, 2.24) is 0 Å². The second-order valence-electron chi connectivity index (χ2n) is 2.54. The molecule has 0 aliphatic carbocycles. The highest BCUT2D eigenvalue weighted by Crippen LogP contribution is 2.19. The van der Waals surface area contributed by atoms with Crippen molar-refractivity contribution < 1.29 is 0 Å². The molecule has 68 valence electrons. The van der Waals surface area contributed by atoms with Gasteiger partial charge in [-0.3, -0.25) is 0 Å². The van der Waals surface area contributed by atoms with E-state index in [-0.39, 0.29) is 0 Å². The Kier molecular flexibility index (Phi) is 4.79. The molecule has 13 heavy (non-hydrogen) atoms. The zero-order valence-corrected chi connectivity index (χ0v) is 9.20. The molecule has 0 fully saturated rings. The molecular formula is C11H12S2. The molecule has 0 nitrogen and oxygen atoms in total. The first-order chi connectivity index (χ1) is 6.33. The Morgan fingerprint density at radius 1 is 1.38 bits per heavy atom. The van der Waals surface area contributed by atoms with Crippen LogP contribution in [0.5, 0.6) is 0 Å². The Morgan fingerprint density at radius 2 is 2.08 bits per heavy atom. The lowest BCUT2D eigenvalue weighted by Gasteiger charge is -1.97. The van der Waals surface area contributed by atoms with Crippen molar-refractivity contribution in [2.75, 3.05) is 0 Å². The first-order valence-electron chi connectivity index (χ1n) is 4.26. The van der Waals surface area contributed by atoms with E-state index in [1.54, 1.807) is 11.8 Å². The lowest BCUT2D eigenvalue weighted by Crippen LogP contribution is -1.80. The molecule has 0 radical (unpaired) electrons. The normalized spacial score (nSPS) is 10.5. The van der Waals surface area contributed by atoms with Crippen LogP contribution < -0.4 is 0 Å². The van der Waals surface area contributed by atoms with Crippen LogP contribution in [-0.4, -0.2) is 4.20 Å². The molecule has 0 aliphatic rings. The fourth-order valence-electron chi connectivity index (χ4n) is 0.853. The number of rotatable bonds is 3. The summed E-state index contributed by atoms with van der Waals surface area (Å²) in [4.78, 5) is 1.20. The number of allylic oxidation sites excluding steroid dienone is 1. The van der Waals surface area contributed by atoms with Crippen LogP contribution in [0.3, 0.4) is 0 Å². The van der Waals surface area contributed by atoms with Crippen LogP contribution in [-0.2, 0) is 0 Å². The quantitative estimate of drug-likeness (QED) is 0.417. The summed E-state index contributed by atoms with van der Waals surface area (Å²) in [6.45, 7) is 2.10. The van der Waals surface area contributed by atoms with Crippen LogP contribution in [0.1, 0.15) is 13.3 Å². The molecule has 1 aromatic carbocycles. The predicted molar refractivity (Wildman–Crippen MR) is 64.3 cm³/mol. The van der Waals surface area contributed by atoms with Crippen LogP contribution in [0.2, 0.25) is 0 Å².